The van der Waals surface area contributed by atoms with Crippen molar-refractivity contribution in [3.05, 3.63) is 53.6 Å². The van der Waals surface area contributed by atoms with Crippen molar-refractivity contribution in [3.8, 4) is 0 Å². The predicted octanol–water partition coefficient (Wildman–Crippen LogP) is 2.69. The zero-order chi connectivity index (χ0) is 15.4. The number of pyridine rings is 1. The monoisotopic (exact) mass is 285 g/mol. The molecule has 2 aromatic heterocycles. The fraction of sp³-hybridized carbons (Fsp3) is 0.412. The molecule has 0 aliphatic heterocycles. The molecule has 0 bridgehead atoms. The molecule has 0 unspecified atom stereocenters. The second-order valence-corrected chi connectivity index (χ2v) is 5.68. The van der Waals surface area contributed by atoms with Gasteiger partial charge in [-0.25, -0.2) is 0 Å². The van der Waals surface area contributed by atoms with Crippen molar-refractivity contribution in [2.75, 3.05) is 7.05 Å². The summed E-state index contributed by atoms with van der Waals surface area (Å²) < 4.78 is 2.03. The summed E-state index contributed by atoms with van der Waals surface area (Å²) in [5.41, 5.74) is 3.03. The van der Waals surface area contributed by atoms with Crippen LogP contribution in [0.4, 0.5) is 0 Å². The molecule has 0 aliphatic rings. The maximum atomic E-state index is 11.4. The quantitative estimate of drug-likeness (QED) is 0.766. The molecule has 0 saturated heterocycles. The van der Waals surface area contributed by atoms with E-state index in [1.807, 2.05) is 42.2 Å². The smallest absolute Gasteiger partial charge is 0.161 e. The van der Waals surface area contributed by atoms with E-state index in [0.717, 1.165) is 29.9 Å². The Morgan fingerprint density at radius 3 is 2.76 bits per heavy atom. The molecule has 2 rings (SSSR count). The zero-order valence-corrected chi connectivity index (χ0v) is 13.2. The van der Waals surface area contributed by atoms with Crippen molar-refractivity contribution in [3.63, 3.8) is 0 Å². The number of hydrogen-bond donors (Lipinski definition) is 0. The van der Waals surface area contributed by atoms with Gasteiger partial charge in [0.15, 0.2) is 5.78 Å². The van der Waals surface area contributed by atoms with Gasteiger partial charge in [0.05, 0.1) is 0 Å². The number of carbonyl (C=O) groups excluding carboxylic acids is 1. The average molecular weight is 285 g/mol. The molecule has 0 saturated carbocycles. The Kier molecular flexibility index (Phi) is 4.91. The van der Waals surface area contributed by atoms with Gasteiger partial charge >= 0.3 is 0 Å². The van der Waals surface area contributed by atoms with Gasteiger partial charge in [0.25, 0.3) is 0 Å². The van der Waals surface area contributed by atoms with Crippen molar-refractivity contribution in [2.45, 2.75) is 32.9 Å². The summed E-state index contributed by atoms with van der Waals surface area (Å²) in [5.74, 6) is 0.112. The molecule has 4 heteroatoms. The number of aromatic nitrogens is 2. The lowest BCUT2D eigenvalue weighted by molar-refractivity contribution is 0.101. The molecular weight excluding hydrogens is 262 g/mol. The molecule has 21 heavy (non-hydrogen) atoms. The number of aryl methyl sites for hydroxylation is 1. The van der Waals surface area contributed by atoms with Gasteiger partial charge < -0.3 is 4.57 Å². The molecule has 4 nitrogen and oxygen atoms in total. The van der Waals surface area contributed by atoms with E-state index in [1.165, 1.54) is 0 Å². The van der Waals surface area contributed by atoms with Crippen LogP contribution in [0, 0.1) is 0 Å². The van der Waals surface area contributed by atoms with Crippen molar-refractivity contribution in [1.82, 2.24) is 14.5 Å². The lowest BCUT2D eigenvalue weighted by Gasteiger charge is -2.24. The molecule has 0 amide bonds. The Bertz CT molecular complexity index is 604. The van der Waals surface area contributed by atoms with E-state index >= 15 is 0 Å². The van der Waals surface area contributed by atoms with Crippen LogP contribution in [0.1, 0.15) is 35.6 Å². The first kappa shape index (κ1) is 15.4. The summed E-state index contributed by atoms with van der Waals surface area (Å²) in [6.45, 7) is 4.62. The van der Waals surface area contributed by atoms with Gasteiger partial charge in [-0.1, -0.05) is 6.07 Å². The Balaban J connectivity index is 2.00. The van der Waals surface area contributed by atoms with Gasteiger partial charge in [0.1, 0.15) is 0 Å². The summed E-state index contributed by atoms with van der Waals surface area (Å²) >= 11 is 0. The SMILES string of the molecule is CC(=O)c1cc(CN(C)[C@@H](C)Cc2ccccn2)n(C)c1. The largest absolute Gasteiger partial charge is 0.353 e. The van der Waals surface area contributed by atoms with E-state index in [1.54, 1.807) is 6.92 Å². The Morgan fingerprint density at radius 1 is 1.43 bits per heavy atom. The fourth-order valence-electron chi connectivity index (χ4n) is 2.35. The molecular formula is C17H23N3O. The standard InChI is InChI=1S/C17H23N3O/c1-13(9-16-7-5-6-8-18-16)19(3)12-17-10-15(14(2)21)11-20(17)4/h5-8,10-11,13H,9,12H2,1-4H3/t13-/m0/s1. The summed E-state index contributed by atoms with van der Waals surface area (Å²) in [6.07, 6.45) is 4.65. The van der Waals surface area contributed by atoms with Crippen LogP contribution in [0.3, 0.4) is 0 Å². The van der Waals surface area contributed by atoms with Crippen molar-refractivity contribution >= 4 is 5.78 Å². The number of ketones is 1. The Morgan fingerprint density at radius 2 is 2.19 bits per heavy atom. The van der Waals surface area contributed by atoms with Gasteiger partial charge in [0.2, 0.25) is 0 Å². The zero-order valence-electron chi connectivity index (χ0n) is 13.2. The summed E-state index contributed by atoms with van der Waals surface area (Å²) in [5, 5.41) is 0. The molecule has 1 atom stereocenters. The highest BCUT2D eigenvalue weighted by Gasteiger charge is 2.14. The molecule has 0 aromatic carbocycles. The maximum Gasteiger partial charge on any atom is 0.161 e. The summed E-state index contributed by atoms with van der Waals surface area (Å²) in [6, 6.07) is 8.37. The Hall–Kier alpha value is -1.94. The van der Waals surface area contributed by atoms with Crippen LogP contribution in [-0.2, 0) is 20.0 Å². The average Bonchev–Trinajstić information content (AvgIpc) is 2.81. The van der Waals surface area contributed by atoms with Crippen molar-refractivity contribution in [1.29, 1.82) is 0 Å². The van der Waals surface area contributed by atoms with Crippen LogP contribution in [0.5, 0.6) is 0 Å². The van der Waals surface area contributed by atoms with Crippen LogP contribution >= 0.6 is 0 Å². The number of nitrogens with zero attached hydrogens (tertiary/aromatic N) is 3. The first-order chi connectivity index (χ1) is 9.97. The predicted molar refractivity (Wildman–Crippen MR) is 84.3 cm³/mol. The molecule has 2 aromatic rings. The second-order valence-electron chi connectivity index (χ2n) is 5.68. The Labute approximate surface area is 126 Å². The van der Waals surface area contributed by atoms with Crippen LogP contribution < -0.4 is 0 Å². The van der Waals surface area contributed by atoms with Crippen LogP contribution in [0.25, 0.3) is 0 Å². The molecule has 112 valence electrons. The van der Waals surface area contributed by atoms with E-state index in [2.05, 4.69) is 29.9 Å². The van der Waals surface area contributed by atoms with E-state index in [9.17, 15) is 4.79 Å². The van der Waals surface area contributed by atoms with Crippen LogP contribution in [0.2, 0.25) is 0 Å². The third kappa shape index (κ3) is 4.02. The number of hydrogen-bond acceptors (Lipinski definition) is 3. The summed E-state index contributed by atoms with van der Waals surface area (Å²) in [7, 11) is 4.09. The van der Waals surface area contributed by atoms with Crippen molar-refractivity contribution < 1.29 is 4.79 Å². The normalized spacial score (nSPS) is 12.6. The van der Waals surface area contributed by atoms with E-state index in [4.69, 9.17) is 0 Å². The highest BCUT2D eigenvalue weighted by molar-refractivity contribution is 5.94. The molecule has 0 spiro atoms. The number of Topliss-reactive ketones (excluding diaryl/α,β-unsaturated/α-hetero) is 1. The van der Waals surface area contributed by atoms with Crippen LogP contribution in [-0.4, -0.2) is 33.3 Å². The minimum Gasteiger partial charge on any atom is -0.353 e. The first-order valence-electron chi connectivity index (χ1n) is 7.23. The maximum absolute atomic E-state index is 11.4. The molecule has 2 heterocycles. The van der Waals surface area contributed by atoms with E-state index in [-0.39, 0.29) is 5.78 Å². The minimum absolute atomic E-state index is 0.112. The van der Waals surface area contributed by atoms with Gasteiger partial charge in [-0.15, -0.1) is 0 Å². The second kappa shape index (κ2) is 6.68. The highest BCUT2D eigenvalue weighted by Crippen LogP contribution is 2.13. The van der Waals surface area contributed by atoms with Gasteiger partial charge in [0, 0.05) is 55.4 Å². The lowest BCUT2D eigenvalue weighted by Crippen LogP contribution is -2.31. The number of carbonyl (C=O) groups is 1. The fourth-order valence-corrected chi connectivity index (χ4v) is 2.35. The van der Waals surface area contributed by atoms with E-state index < -0.39 is 0 Å². The van der Waals surface area contributed by atoms with Gasteiger partial charge in [-0.2, -0.15) is 0 Å². The topological polar surface area (TPSA) is 38.1 Å². The minimum atomic E-state index is 0.112. The third-order valence-electron chi connectivity index (χ3n) is 3.91. The molecule has 0 aliphatic carbocycles. The van der Waals surface area contributed by atoms with E-state index in [0.29, 0.717) is 6.04 Å². The van der Waals surface area contributed by atoms with Crippen molar-refractivity contribution in [2.24, 2.45) is 7.05 Å². The van der Waals surface area contributed by atoms with Crippen LogP contribution in [0.15, 0.2) is 36.7 Å². The number of likely N-dealkylation sites (N-methyl/N-ethyl adjacent to an activating group) is 1. The molecule has 0 fully saturated rings. The first-order valence-corrected chi connectivity index (χ1v) is 7.23. The highest BCUT2D eigenvalue weighted by atomic mass is 16.1. The van der Waals surface area contributed by atoms with Gasteiger partial charge in [-0.3, -0.25) is 14.7 Å². The third-order valence-corrected chi connectivity index (χ3v) is 3.91. The van der Waals surface area contributed by atoms with Gasteiger partial charge in [-0.05, 0) is 39.1 Å². The number of rotatable bonds is 6. The molecule has 0 N–H and O–H groups in total. The lowest BCUT2D eigenvalue weighted by atomic mass is 10.1. The molecule has 0 radical (unpaired) electrons. The summed E-state index contributed by atoms with van der Waals surface area (Å²) in [4.78, 5) is 18.1.